The molecule has 0 fully saturated rings. The highest BCUT2D eigenvalue weighted by Gasteiger charge is 2.20. The Balaban J connectivity index is 2.61. The van der Waals surface area contributed by atoms with E-state index in [-0.39, 0.29) is 0 Å². The van der Waals surface area contributed by atoms with Crippen LogP contribution in [-0.2, 0) is 11.8 Å². The summed E-state index contributed by atoms with van der Waals surface area (Å²) in [5.41, 5.74) is 2.58. The lowest BCUT2D eigenvalue weighted by atomic mass is 10.1. The van der Waals surface area contributed by atoms with Gasteiger partial charge in [0.25, 0.3) is 0 Å². The molecular weight excluding hydrogens is 336 g/mol. The molecule has 0 aliphatic rings. The molecule has 0 atom stereocenters. The van der Waals surface area contributed by atoms with Gasteiger partial charge in [-0.15, -0.1) is 0 Å². The van der Waals surface area contributed by atoms with E-state index in [0.29, 0.717) is 30.0 Å². The maximum Gasteiger partial charge on any atom is 0.341 e. The van der Waals surface area contributed by atoms with Crippen LogP contribution in [0.2, 0.25) is 0 Å². The van der Waals surface area contributed by atoms with Gasteiger partial charge >= 0.3 is 5.97 Å². The fourth-order valence-electron chi connectivity index (χ4n) is 2.14. The average molecular weight is 353 g/mol. The van der Waals surface area contributed by atoms with Gasteiger partial charge in [0.05, 0.1) is 23.4 Å². The lowest BCUT2D eigenvalue weighted by Crippen LogP contribution is -2.12. The van der Waals surface area contributed by atoms with Crippen LogP contribution in [0.4, 0.5) is 5.69 Å². The van der Waals surface area contributed by atoms with E-state index in [2.05, 4.69) is 37.9 Å². The molecule has 0 aliphatic heterocycles. The van der Waals surface area contributed by atoms with Crippen LogP contribution >= 0.6 is 15.9 Å². The minimum atomic E-state index is -0.405. The Morgan fingerprint density at radius 1 is 1.57 bits per heavy atom. The van der Waals surface area contributed by atoms with E-state index in [0.717, 1.165) is 15.6 Å². The molecule has 0 bridgehead atoms. The molecule has 0 aromatic carbocycles. The number of fused-ring (bicyclic) bond motifs is 1. The van der Waals surface area contributed by atoms with Crippen LogP contribution < -0.4 is 5.32 Å². The molecule has 0 aliphatic carbocycles. The summed E-state index contributed by atoms with van der Waals surface area (Å²) in [5.74, 6) is -0.405. The second-order valence-electron chi connectivity index (χ2n) is 4.55. The summed E-state index contributed by atoms with van der Waals surface area (Å²) in [6, 6.07) is 0. The van der Waals surface area contributed by atoms with Crippen LogP contribution in [0.5, 0.6) is 0 Å². The molecule has 0 saturated heterocycles. The van der Waals surface area contributed by atoms with Crippen molar-refractivity contribution in [1.82, 2.24) is 14.8 Å². The number of esters is 1. The number of halogens is 1. The van der Waals surface area contributed by atoms with E-state index in [4.69, 9.17) is 4.74 Å². The molecule has 7 heteroatoms. The van der Waals surface area contributed by atoms with Crippen molar-refractivity contribution in [3.63, 3.8) is 0 Å². The normalized spacial score (nSPS) is 10.7. The molecule has 2 aromatic rings. The van der Waals surface area contributed by atoms with E-state index < -0.39 is 5.97 Å². The standard InChI is InChI=1S/C14H17BrN4O2/c1-5-21-14(20)10-7-17-13-11(9(3)18-19(13)4)12(10)16-6-8(2)15/h7H,2,5-6H2,1,3-4H3,(H,16,17). The maximum absolute atomic E-state index is 12.1. The molecule has 21 heavy (non-hydrogen) atoms. The van der Waals surface area contributed by atoms with Gasteiger partial charge in [-0.3, -0.25) is 4.68 Å². The quantitative estimate of drug-likeness (QED) is 0.837. The van der Waals surface area contributed by atoms with Crippen molar-refractivity contribution in [1.29, 1.82) is 0 Å². The van der Waals surface area contributed by atoms with Crippen LogP contribution in [0.1, 0.15) is 23.0 Å². The first-order valence-electron chi connectivity index (χ1n) is 6.52. The van der Waals surface area contributed by atoms with Crippen molar-refractivity contribution < 1.29 is 9.53 Å². The predicted molar refractivity (Wildman–Crippen MR) is 85.8 cm³/mol. The number of rotatable bonds is 5. The minimum Gasteiger partial charge on any atom is -0.462 e. The lowest BCUT2D eigenvalue weighted by molar-refractivity contribution is 0.0527. The fourth-order valence-corrected chi connectivity index (χ4v) is 2.28. The molecule has 0 unspecified atom stereocenters. The molecule has 2 rings (SSSR count). The largest absolute Gasteiger partial charge is 0.462 e. The molecule has 0 saturated carbocycles. The number of aromatic nitrogens is 3. The number of nitrogens with zero attached hydrogens (tertiary/aromatic N) is 3. The number of aryl methyl sites for hydroxylation is 2. The molecular formula is C14H17BrN4O2. The number of carbonyl (C=O) groups is 1. The van der Waals surface area contributed by atoms with Crippen LogP contribution in [0.15, 0.2) is 17.3 Å². The van der Waals surface area contributed by atoms with Gasteiger partial charge in [-0.2, -0.15) is 5.10 Å². The van der Waals surface area contributed by atoms with Crippen LogP contribution in [0.3, 0.4) is 0 Å². The zero-order chi connectivity index (χ0) is 15.6. The topological polar surface area (TPSA) is 69.0 Å². The van der Waals surface area contributed by atoms with Gasteiger partial charge in [0.2, 0.25) is 0 Å². The third-order valence-electron chi connectivity index (χ3n) is 2.98. The number of nitrogens with one attached hydrogen (secondary N) is 1. The summed E-state index contributed by atoms with van der Waals surface area (Å²) >= 11 is 3.30. The monoisotopic (exact) mass is 352 g/mol. The Bertz CT molecular complexity index is 709. The summed E-state index contributed by atoms with van der Waals surface area (Å²) in [6.45, 7) is 8.24. The number of carbonyl (C=O) groups excluding carboxylic acids is 1. The summed E-state index contributed by atoms with van der Waals surface area (Å²) in [7, 11) is 1.82. The highest BCUT2D eigenvalue weighted by molar-refractivity contribution is 9.11. The van der Waals surface area contributed by atoms with Crippen molar-refractivity contribution in [2.24, 2.45) is 7.05 Å². The third-order valence-corrected chi connectivity index (χ3v) is 3.26. The Hall–Kier alpha value is -1.89. The first-order valence-corrected chi connectivity index (χ1v) is 7.31. The van der Waals surface area contributed by atoms with Gasteiger partial charge in [-0.05, 0) is 13.8 Å². The summed E-state index contributed by atoms with van der Waals surface area (Å²) in [5, 5.41) is 8.38. The smallest absolute Gasteiger partial charge is 0.341 e. The van der Waals surface area contributed by atoms with E-state index in [1.807, 2.05) is 14.0 Å². The third kappa shape index (κ3) is 3.07. The molecule has 0 spiro atoms. The Labute approximate surface area is 131 Å². The Morgan fingerprint density at radius 3 is 2.90 bits per heavy atom. The molecule has 6 nitrogen and oxygen atoms in total. The van der Waals surface area contributed by atoms with Crippen LogP contribution in [0, 0.1) is 6.92 Å². The molecule has 2 aromatic heterocycles. The van der Waals surface area contributed by atoms with Gasteiger partial charge in [0.15, 0.2) is 5.65 Å². The molecule has 112 valence electrons. The average Bonchev–Trinajstić information content (AvgIpc) is 2.71. The van der Waals surface area contributed by atoms with E-state index >= 15 is 0 Å². The second-order valence-corrected chi connectivity index (χ2v) is 5.67. The molecule has 1 N–H and O–H groups in total. The van der Waals surface area contributed by atoms with Crippen LogP contribution in [0.25, 0.3) is 11.0 Å². The second kappa shape index (κ2) is 6.26. The maximum atomic E-state index is 12.1. The molecule has 0 amide bonds. The lowest BCUT2D eigenvalue weighted by Gasteiger charge is -2.12. The number of hydrogen-bond donors (Lipinski definition) is 1. The molecule has 2 heterocycles. The van der Waals surface area contributed by atoms with Crippen molar-refractivity contribution in [2.45, 2.75) is 13.8 Å². The summed E-state index contributed by atoms with van der Waals surface area (Å²) < 4.78 is 7.56. The number of anilines is 1. The number of hydrogen-bond acceptors (Lipinski definition) is 5. The van der Waals surface area contributed by atoms with Crippen molar-refractivity contribution in [3.05, 3.63) is 28.5 Å². The van der Waals surface area contributed by atoms with E-state index in [9.17, 15) is 4.79 Å². The van der Waals surface area contributed by atoms with E-state index in [1.54, 1.807) is 11.6 Å². The molecule has 0 radical (unpaired) electrons. The highest BCUT2D eigenvalue weighted by Crippen LogP contribution is 2.29. The summed E-state index contributed by atoms with van der Waals surface area (Å²) in [4.78, 5) is 16.4. The van der Waals surface area contributed by atoms with Gasteiger partial charge in [0, 0.05) is 24.3 Å². The Kier molecular flexibility index (Phi) is 4.62. The van der Waals surface area contributed by atoms with E-state index in [1.165, 1.54) is 6.20 Å². The van der Waals surface area contributed by atoms with Gasteiger partial charge in [0.1, 0.15) is 5.56 Å². The Morgan fingerprint density at radius 2 is 2.29 bits per heavy atom. The first kappa shape index (κ1) is 15.5. The van der Waals surface area contributed by atoms with Gasteiger partial charge in [-0.1, -0.05) is 22.5 Å². The van der Waals surface area contributed by atoms with Gasteiger partial charge < -0.3 is 10.1 Å². The van der Waals surface area contributed by atoms with Crippen molar-refractivity contribution in [2.75, 3.05) is 18.5 Å². The van der Waals surface area contributed by atoms with Crippen molar-refractivity contribution >= 4 is 38.6 Å². The summed E-state index contributed by atoms with van der Waals surface area (Å²) in [6.07, 6.45) is 1.51. The van der Waals surface area contributed by atoms with Crippen LogP contribution in [-0.4, -0.2) is 33.9 Å². The highest BCUT2D eigenvalue weighted by atomic mass is 79.9. The zero-order valence-corrected chi connectivity index (χ0v) is 13.8. The predicted octanol–water partition coefficient (Wildman–Crippen LogP) is 2.77. The fraction of sp³-hybridized carbons (Fsp3) is 0.357. The van der Waals surface area contributed by atoms with Crippen molar-refractivity contribution in [3.8, 4) is 0 Å². The van der Waals surface area contributed by atoms with Gasteiger partial charge in [-0.25, -0.2) is 9.78 Å². The first-order chi connectivity index (χ1) is 9.95. The SMILES string of the molecule is C=C(Br)CNc1c(C(=O)OCC)cnc2c1c(C)nn2C. The minimum absolute atomic E-state index is 0.313. The number of ether oxygens (including phenoxy) is 1. The number of pyridine rings is 1. The zero-order valence-electron chi connectivity index (χ0n) is 12.2.